The molecule has 0 radical (unpaired) electrons. The number of nitrogens with zero attached hydrogens (tertiary/aromatic N) is 2. The number of benzene rings is 4. The van der Waals surface area contributed by atoms with Crippen LogP contribution in [0.15, 0.2) is 138 Å². The molecule has 0 unspecified atom stereocenters. The Hall–Kier alpha value is -4.85. The van der Waals surface area contributed by atoms with Gasteiger partial charge in [-0.2, -0.15) is 4.98 Å². The van der Waals surface area contributed by atoms with Crippen molar-refractivity contribution in [1.82, 2.24) is 9.55 Å². The molecule has 40 heavy (non-hydrogen) atoms. The maximum Gasteiger partial charge on any atom is 0.349 e. The monoisotopic (exact) mass is 531 g/mol. The second-order valence-corrected chi connectivity index (χ2v) is 9.31. The predicted molar refractivity (Wildman–Crippen MR) is 154 cm³/mol. The summed E-state index contributed by atoms with van der Waals surface area (Å²) in [6.45, 7) is -0.0924. The molecule has 5 rings (SSSR count). The van der Waals surface area contributed by atoms with Crippen molar-refractivity contribution < 1.29 is 14.6 Å². The van der Waals surface area contributed by atoms with E-state index in [1.165, 1.54) is 16.8 Å². The minimum Gasteiger partial charge on any atom is -0.389 e. The SMILES string of the molecule is O=C(Nc1ccn(C[C@H](O)COC(c2ccccc2)(c2ccccc2)c2ccccc2)c(=O)n1)c1ccccc1. The van der Waals surface area contributed by atoms with Crippen molar-refractivity contribution in [2.75, 3.05) is 11.9 Å². The average Bonchev–Trinajstić information content (AvgIpc) is 3.01. The first-order valence-electron chi connectivity index (χ1n) is 13.0. The van der Waals surface area contributed by atoms with E-state index in [4.69, 9.17) is 4.74 Å². The van der Waals surface area contributed by atoms with E-state index in [9.17, 15) is 14.7 Å². The number of amides is 1. The van der Waals surface area contributed by atoms with Crippen LogP contribution in [0.3, 0.4) is 0 Å². The van der Waals surface area contributed by atoms with Crippen molar-refractivity contribution in [1.29, 1.82) is 0 Å². The number of carbonyl (C=O) groups excluding carboxylic acids is 1. The van der Waals surface area contributed by atoms with E-state index in [0.29, 0.717) is 5.56 Å². The van der Waals surface area contributed by atoms with Gasteiger partial charge < -0.3 is 15.2 Å². The van der Waals surface area contributed by atoms with E-state index in [0.717, 1.165) is 16.7 Å². The van der Waals surface area contributed by atoms with Gasteiger partial charge in [-0.3, -0.25) is 9.36 Å². The van der Waals surface area contributed by atoms with Crippen LogP contribution in [0, 0.1) is 0 Å². The lowest BCUT2D eigenvalue weighted by Crippen LogP contribution is -2.38. The second kappa shape index (κ2) is 12.3. The molecule has 0 bridgehead atoms. The van der Waals surface area contributed by atoms with Crippen LogP contribution >= 0.6 is 0 Å². The highest BCUT2D eigenvalue weighted by atomic mass is 16.5. The van der Waals surface area contributed by atoms with Crippen molar-refractivity contribution in [3.63, 3.8) is 0 Å². The van der Waals surface area contributed by atoms with Crippen LogP contribution in [0.1, 0.15) is 27.0 Å². The van der Waals surface area contributed by atoms with Crippen LogP contribution in [-0.2, 0) is 16.9 Å². The van der Waals surface area contributed by atoms with Crippen molar-refractivity contribution in [3.05, 3.63) is 166 Å². The molecule has 0 saturated heterocycles. The summed E-state index contributed by atoms with van der Waals surface area (Å²) in [6.07, 6.45) is 0.484. The Balaban J connectivity index is 1.36. The normalized spacial score (nSPS) is 12.0. The van der Waals surface area contributed by atoms with E-state index >= 15 is 0 Å². The van der Waals surface area contributed by atoms with Gasteiger partial charge in [0.15, 0.2) is 0 Å². The molecule has 1 amide bonds. The molecule has 7 nitrogen and oxygen atoms in total. The van der Waals surface area contributed by atoms with Crippen LogP contribution in [0.4, 0.5) is 5.82 Å². The summed E-state index contributed by atoms with van der Waals surface area (Å²) in [4.78, 5) is 29.1. The summed E-state index contributed by atoms with van der Waals surface area (Å²) in [5, 5.41) is 13.6. The number of rotatable bonds is 10. The molecule has 0 saturated carbocycles. The van der Waals surface area contributed by atoms with E-state index < -0.39 is 17.4 Å². The van der Waals surface area contributed by atoms with E-state index in [1.54, 1.807) is 24.3 Å². The molecular weight excluding hydrogens is 502 g/mol. The van der Waals surface area contributed by atoms with Gasteiger partial charge in [0.25, 0.3) is 5.91 Å². The highest BCUT2D eigenvalue weighted by Gasteiger charge is 2.38. The summed E-state index contributed by atoms with van der Waals surface area (Å²) in [6, 6.07) is 39.8. The summed E-state index contributed by atoms with van der Waals surface area (Å²) < 4.78 is 7.94. The van der Waals surface area contributed by atoms with Gasteiger partial charge in [0.05, 0.1) is 19.3 Å². The molecule has 0 fully saturated rings. The molecule has 0 aliphatic heterocycles. The standard InChI is InChI=1S/C33H29N3O4/c37-29(23-36-22-21-30(35-32(36)39)34-31(38)25-13-5-1-6-14-25)24-40-33(26-15-7-2-8-16-26,27-17-9-3-10-18-27)28-19-11-4-12-20-28/h1-22,29,37H,23-24H2,(H,34,35,38,39)/t29-/m0/s1. The molecule has 7 heteroatoms. The lowest BCUT2D eigenvalue weighted by Gasteiger charge is -2.36. The Bertz CT molecular complexity index is 1490. The van der Waals surface area contributed by atoms with Crippen LogP contribution in [-0.4, -0.2) is 33.3 Å². The molecule has 0 aliphatic carbocycles. The van der Waals surface area contributed by atoms with E-state index in [1.807, 2.05) is 97.1 Å². The number of aromatic nitrogens is 2. The van der Waals surface area contributed by atoms with Gasteiger partial charge in [0.2, 0.25) is 0 Å². The van der Waals surface area contributed by atoms with Crippen LogP contribution in [0.2, 0.25) is 0 Å². The van der Waals surface area contributed by atoms with Crippen molar-refractivity contribution in [3.8, 4) is 0 Å². The minimum atomic E-state index is -1.01. The molecule has 1 atom stereocenters. The summed E-state index contributed by atoms with van der Waals surface area (Å²) in [7, 11) is 0. The Morgan fingerprint density at radius 2 is 1.25 bits per heavy atom. The quantitative estimate of drug-likeness (QED) is 0.251. The number of aliphatic hydroxyl groups is 1. The number of aliphatic hydroxyl groups excluding tert-OH is 1. The number of anilines is 1. The minimum absolute atomic E-state index is 0.0345. The first kappa shape index (κ1) is 26.7. The third-order valence-corrected chi connectivity index (χ3v) is 6.59. The van der Waals surface area contributed by atoms with Crippen LogP contribution < -0.4 is 11.0 Å². The van der Waals surface area contributed by atoms with Gasteiger partial charge >= 0.3 is 5.69 Å². The zero-order valence-electron chi connectivity index (χ0n) is 21.8. The lowest BCUT2D eigenvalue weighted by molar-refractivity contribution is -0.0426. The third kappa shape index (κ3) is 5.91. The average molecular weight is 532 g/mol. The van der Waals surface area contributed by atoms with Gasteiger partial charge in [-0.1, -0.05) is 109 Å². The summed E-state index contributed by atoms with van der Waals surface area (Å²) in [5.74, 6) is -0.227. The van der Waals surface area contributed by atoms with Crippen molar-refractivity contribution >= 4 is 11.7 Å². The molecule has 4 aromatic carbocycles. The third-order valence-electron chi connectivity index (χ3n) is 6.59. The largest absolute Gasteiger partial charge is 0.389 e. The summed E-state index contributed by atoms with van der Waals surface area (Å²) >= 11 is 0. The lowest BCUT2D eigenvalue weighted by atomic mass is 9.80. The van der Waals surface area contributed by atoms with E-state index in [2.05, 4.69) is 10.3 Å². The number of ether oxygens (including phenoxy) is 1. The van der Waals surface area contributed by atoms with E-state index in [-0.39, 0.29) is 24.9 Å². The molecule has 200 valence electrons. The van der Waals surface area contributed by atoms with Crippen LogP contribution in [0.25, 0.3) is 0 Å². The number of nitrogens with one attached hydrogen (secondary N) is 1. The van der Waals surface area contributed by atoms with Crippen LogP contribution in [0.5, 0.6) is 0 Å². The maximum absolute atomic E-state index is 12.7. The molecule has 0 spiro atoms. The molecule has 1 aromatic heterocycles. The number of hydrogen-bond acceptors (Lipinski definition) is 5. The molecule has 1 heterocycles. The van der Waals surface area contributed by atoms with Crippen molar-refractivity contribution in [2.24, 2.45) is 0 Å². The number of hydrogen-bond donors (Lipinski definition) is 2. The highest BCUT2D eigenvalue weighted by Crippen LogP contribution is 2.40. The molecule has 2 N–H and O–H groups in total. The summed E-state index contributed by atoms with van der Waals surface area (Å²) in [5.41, 5.74) is 1.62. The fraction of sp³-hybridized carbons (Fsp3) is 0.121. The molecule has 0 aliphatic rings. The fourth-order valence-electron chi connectivity index (χ4n) is 4.68. The Labute approximate surface area is 232 Å². The van der Waals surface area contributed by atoms with Gasteiger partial charge in [-0.05, 0) is 34.9 Å². The van der Waals surface area contributed by atoms with Gasteiger partial charge in [-0.25, -0.2) is 4.79 Å². The Kier molecular flexibility index (Phi) is 8.25. The zero-order valence-corrected chi connectivity index (χ0v) is 21.8. The first-order chi connectivity index (χ1) is 19.6. The first-order valence-corrected chi connectivity index (χ1v) is 13.0. The Morgan fingerprint density at radius 3 is 1.73 bits per heavy atom. The van der Waals surface area contributed by atoms with Gasteiger partial charge in [0, 0.05) is 11.8 Å². The fourth-order valence-corrected chi connectivity index (χ4v) is 4.68. The zero-order chi connectivity index (χ0) is 27.8. The van der Waals surface area contributed by atoms with Gasteiger partial charge in [0.1, 0.15) is 11.4 Å². The number of carbonyl (C=O) groups is 1. The Morgan fingerprint density at radius 1 is 0.775 bits per heavy atom. The second-order valence-electron chi connectivity index (χ2n) is 9.31. The smallest absolute Gasteiger partial charge is 0.349 e. The molecule has 5 aromatic rings. The van der Waals surface area contributed by atoms with Gasteiger partial charge in [-0.15, -0.1) is 0 Å². The van der Waals surface area contributed by atoms with Crippen molar-refractivity contribution in [2.45, 2.75) is 18.2 Å². The highest BCUT2D eigenvalue weighted by molar-refractivity contribution is 6.03. The topological polar surface area (TPSA) is 93.5 Å². The predicted octanol–water partition coefficient (Wildman–Crippen LogP) is 4.87. The maximum atomic E-state index is 12.7. The molecular formula is C33H29N3O4.